The molecule has 41 heavy (non-hydrogen) atoms. The maximum absolute atomic E-state index is 13.4. The first-order chi connectivity index (χ1) is 19.5. The lowest BCUT2D eigenvalue weighted by molar-refractivity contribution is -0.128. The molecule has 2 aliphatic heterocycles. The zero-order valence-electron chi connectivity index (χ0n) is 23.8. The molecule has 2 aliphatic carbocycles. The maximum atomic E-state index is 13.4. The van der Waals surface area contributed by atoms with Crippen molar-refractivity contribution < 1.29 is 22.7 Å². The van der Waals surface area contributed by atoms with Crippen LogP contribution in [0.4, 0.5) is 5.69 Å². The molecule has 2 bridgehead atoms. The van der Waals surface area contributed by atoms with Crippen LogP contribution in [0.3, 0.4) is 0 Å². The van der Waals surface area contributed by atoms with E-state index in [-0.39, 0.29) is 46.2 Å². The highest BCUT2D eigenvalue weighted by molar-refractivity contribution is 7.90. The second-order valence-corrected chi connectivity index (χ2v) is 15.3. The number of carbonyl (C=O) groups excluding carboxylic acids is 2. The van der Waals surface area contributed by atoms with Gasteiger partial charge in [0, 0.05) is 41.4 Å². The zero-order valence-corrected chi connectivity index (χ0v) is 25.4. The van der Waals surface area contributed by atoms with E-state index < -0.39 is 15.9 Å². The first kappa shape index (κ1) is 28.5. The Morgan fingerprint density at radius 3 is 2.68 bits per heavy atom. The number of ketones is 1. The first-order valence-corrected chi connectivity index (χ1v) is 16.9. The van der Waals surface area contributed by atoms with E-state index >= 15 is 0 Å². The molecule has 2 aromatic carbocycles. The Hall–Kier alpha value is -2.58. The highest BCUT2D eigenvalue weighted by atomic mass is 35.5. The third-order valence-corrected chi connectivity index (χ3v) is 11.4. The van der Waals surface area contributed by atoms with Gasteiger partial charge in [-0.15, -0.1) is 0 Å². The summed E-state index contributed by atoms with van der Waals surface area (Å²) in [5.41, 5.74) is 3.29. The number of ether oxygens (including phenoxy) is 1. The van der Waals surface area contributed by atoms with Gasteiger partial charge in [0.05, 0.1) is 18.0 Å². The molecule has 0 aromatic heterocycles. The van der Waals surface area contributed by atoms with Gasteiger partial charge in [0.15, 0.2) is 0 Å². The summed E-state index contributed by atoms with van der Waals surface area (Å²) in [6.07, 6.45) is 5.91. The number of fused-ring (bicyclic) bond motifs is 4. The summed E-state index contributed by atoms with van der Waals surface area (Å²) in [7, 11) is -3.84. The van der Waals surface area contributed by atoms with E-state index in [1.165, 1.54) is 11.1 Å². The molecule has 0 saturated heterocycles. The van der Waals surface area contributed by atoms with Gasteiger partial charge in [-0.3, -0.25) is 9.59 Å². The molecule has 2 heterocycles. The molecule has 1 N–H and O–H groups in total. The monoisotopic (exact) mass is 598 g/mol. The van der Waals surface area contributed by atoms with Gasteiger partial charge in [0.1, 0.15) is 11.5 Å². The summed E-state index contributed by atoms with van der Waals surface area (Å²) in [5, 5.41) is 0.730. The Labute approximate surface area is 248 Å². The van der Waals surface area contributed by atoms with Crippen molar-refractivity contribution in [3.63, 3.8) is 0 Å². The molecule has 1 amide bonds. The molecule has 7 nitrogen and oxygen atoms in total. The molecule has 1 saturated carbocycles. The van der Waals surface area contributed by atoms with Crippen LogP contribution in [0.5, 0.6) is 5.75 Å². The summed E-state index contributed by atoms with van der Waals surface area (Å²) < 4.78 is 34.6. The first-order valence-electron chi connectivity index (χ1n) is 14.9. The summed E-state index contributed by atoms with van der Waals surface area (Å²) in [6.45, 7) is 5.75. The smallest absolute Gasteiger partial charge is 0.264 e. The van der Waals surface area contributed by atoms with E-state index in [2.05, 4.69) is 21.8 Å². The molecule has 5 atom stereocenters. The minimum Gasteiger partial charge on any atom is -0.490 e. The molecule has 9 heteroatoms. The number of halogens is 1. The molecule has 220 valence electrons. The van der Waals surface area contributed by atoms with Gasteiger partial charge in [-0.05, 0) is 97.7 Å². The highest BCUT2D eigenvalue weighted by Crippen LogP contribution is 2.46. The number of nitrogens with zero attached hydrogens (tertiary/aromatic N) is 1. The average Bonchev–Trinajstić information content (AvgIpc) is 3.02. The molecule has 4 aliphatic rings. The van der Waals surface area contributed by atoms with Gasteiger partial charge in [-0.2, -0.15) is 0 Å². The SMILES string of the molecule is C[C@@H]1CC(=O)[C@@H]2CC[C@H]2CN2C[C@@]3(CCCc4cc(Cl)ccc43)COc3ccc(cc32)C(=O)NS(=O)(=O)C[C@@H](C)C1. The van der Waals surface area contributed by atoms with Crippen LogP contribution in [0, 0.1) is 23.7 Å². The number of nitrogens with one attached hydrogen (secondary N) is 1. The lowest BCUT2D eigenvalue weighted by Gasteiger charge is -2.44. The standard InChI is InChI=1S/C32H39ClN2O5S/c1-20-12-21(2)17-41(38,39)34-31(37)23-6-10-30-28(15-23)35(16-24-5-8-26(24)29(36)13-20)18-32(19-40-30)11-3-4-22-14-25(33)7-9-27(22)32/h6-7,9-10,14-15,20-21,24,26H,3-5,8,11-13,16-19H2,1-2H3,(H,34,37)/t20-,21-,24-,26+,32-/m0/s1. The topological polar surface area (TPSA) is 92.8 Å². The van der Waals surface area contributed by atoms with Gasteiger partial charge in [-0.25, -0.2) is 13.1 Å². The fraction of sp³-hybridized carbons (Fsp3) is 0.562. The van der Waals surface area contributed by atoms with Gasteiger partial charge < -0.3 is 9.64 Å². The van der Waals surface area contributed by atoms with E-state index in [1.54, 1.807) is 18.2 Å². The second kappa shape index (κ2) is 10.9. The quantitative estimate of drug-likeness (QED) is 0.428. The number of benzene rings is 2. The van der Waals surface area contributed by atoms with Crippen molar-refractivity contribution in [1.29, 1.82) is 0 Å². The van der Waals surface area contributed by atoms with Crippen LogP contribution < -0.4 is 14.4 Å². The Kier molecular flexibility index (Phi) is 7.60. The van der Waals surface area contributed by atoms with E-state index in [9.17, 15) is 18.0 Å². The van der Waals surface area contributed by atoms with Crippen LogP contribution in [0.2, 0.25) is 5.02 Å². The van der Waals surface area contributed by atoms with Crippen LogP contribution in [-0.2, 0) is 26.7 Å². The summed E-state index contributed by atoms with van der Waals surface area (Å²) in [4.78, 5) is 29.0. The normalized spacial score (nSPS) is 31.6. The van der Waals surface area contributed by atoms with Gasteiger partial charge >= 0.3 is 0 Å². The molecule has 0 unspecified atom stereocenters. The minimum absolute atomic E-state index is 0.0110. The molecule has 1 spiro atoms. The van der Waals surface area contributed by atoms with Gasteiger partial charge in [-0.1, -0.05) is 31.5 Å². The number of aryl methyl sites for hydroxylation is 1. The highest BCUT2D eigenvalue weighted by Gasteiger charge is 2.44. The summed E-state index contributed by atoms with van der Waals surface area (Å²) in [5.74, 6) is 0.324. The van der Waals surface area contributed by atoms with E-state index in [4.69, 9.17) is 16.3 Å². The minimum atomic E-state index is -3.84. The summed E-state index contributed by atoms with van der Waals surface area (Å²) >= 11 is 6.38. The van der Waals surface area contributed by atoms with Crippen LogP contribution in [0.15, 0.2) is 36.4 Å². The Morgan fingerprint density at radius 2 is 1.90 bits per heavy atom. The van der Waals surface area contributed by atoms with Crippen molar-refractivity contribution in [2.24, 2.45) is 23.7 Å². The molecule has 1 fully saturated rings. The van der Waals surface area contributed by atoms with Gasteiger partial charge in [0.2, 0.25) is 10.0 Å². The third kappa shape index (κ3) is 5.74. The predicted octanol–water partition coefficient (Wildman–Crippen LogP) is 5.53. The van der Waals surface area contributed by atoms with Crippen LogP contribution in [0.1, 0.15) is 73.9 Å². The third-order valence-electron chi connectivity index (χ3n) is 9.69. The average molecular weight is 599 g/mol. The van der Waals surface area contributed by atoms with Crippen molar-refractivity contribution in [1.82, 2.24) is 4.72 Å². The predicted molar refractivity (Wildman–Crippen MR) is 160 cm³/mol. The van der Waals surface area contributed by atoms with Crippen molar-refractivity contribution in [3.05, 3.63) is 58.1 Å². The summed E-state index contributed by atoms with van der Waals surface area (Å²) in [6, 6.07) is 11.3. The molecule has 6 rings (SSSR count). The van der Waals surface area contributed by atoms with E-state index in [0.29, 0.717) is 38.3 Å². The van der Waals surface area contributed by atoms with Crippen molar-refractivity contribution in [2.45, 2.75) is 64.2 Å². The second-order valence-electron chi connectivity index (χ2n) is 13.1. The Balaban J connectivity index is 1.41. The Bertz CT molecular complexity index is 1480. The zero-order chi connectivity index (χ0) is 28.9. The maximum Gasteiger partial charge on any atom is 0.264 e. The number of rotatable bonds is 0. The van der Waals surface area contributed by atoms with Crippen LogP contribution in [-0.4, -0.2) is 45.6 Å². The number of Topliss-reactive ketones (excluding diaryl/α,β-unsaturated/α-hetero) is 1. The molecule has 0 radical (unpaired) electrons. The van der Waals surface area contributed by atoms with Gasteiger partial charge in [0.25, 0.3) is 5.91 Å². The van der Waals surface area contributed by atoms with Crippen molar-refractivity contribution in [3.8, 4) is 5.75 Å². The fourth-order valence-electron chi connectivity index (χ4n) is 7.70. The largest absolute Gasteiger partial charge is 0.490 e. The number of amides is 1. The van der Waals surface area contributed by atoms with Crippen LogP contribution in [0.25, 0.3) is 0 Å². The van der Waals surface area contributed by atoms with Crippen molar-refractivity contribution >= 4 is 39.0 Å². The number of carbonyl (C=O) groups is 2. The fourth-order valence-corrected chi connectivity index (χ4v) is 9.26. The molecular weight excluding hydrogens is 560 g/mol. The number of hydrogen-bond acceptors (Lipinski definition) is 6. The Morgan fingerprint density at radius 1 is 1.07 bits per heavy atom. The number of hydrogen-bond donors (Lipinski definition) is 1. The number of anilines is 1. The van der Waals surface area contributed by atoms with Crippen molar-refractivity contribution in [2.75, 3.05) is 30.3 Å². The van der Waals surface area contributed by atoms with E-state index in [0.717, 1.165) is 42.8 Å². The molecule has 2 aromatic rings. The molecular formula is C32H39ClN2O5S. The van der Waals surface area contributed by atoms with Crippen LogP contribution >= 0.6 is 11.6 Å². The number of sulfonamides is 1. The lowest BCUT2D eigenvalue weighted by atomic mass is 9.68. The van der Waals surface area contributed by atoms with E-state index in [1.807, 2.05) is 19.9 Å². The lowest BCUT2D eigenvalue weighted by Crippen LogP contribution is -2.49.